The number of halogens is 2. The second-order valence-corrected chi connectivity index (χ2v) is 19.9. The highest BCUT2D eigenvalue weighted by atomic mass is 79.9. The van der Waals surface area contributed by atoms with Gasteiger partial charge >= 0.3 is 0 Å². The highest BCUT2D eigenvalue weighted by molar-refractivity contribution is 9.10. The van der Waals surface area contributed by atoms with E-state index in [2.05, 4.69) is 195 Å². The van der Waals surface area contributed by atoms with Crippen molar-refractivity contribution in [1.29, 1.82) is 0 Å². The third-order valence-corrected chi connectivity index (χ3v) is 7.15. The van der Waals surface area contributed by atoms with Crippen LogP contribution in [0.25, 0.3) is 0 Å². The van der Waals surface area contributed by atoms with Gasteiger partial charge in [-0.1, -0.05) is 172 Å². The zero-order valence-corrected chi connectivity index (χ0v) is 34.1. The van der Waals surface area contributed by atoms with E-state index in [9.17, 15) is 0 Å². The van der Waals surface area contributed by atoms with Gasteiger partial charge in [-0.2, -0.15) is 0 Å². The van der Waals surface area contributed by atoms with E-state index in [4.69, 9.17) is 0 Å². The van der Waals surface area contributed by atoms with Crippen molar-refractivity contribution in [2.45, 2.75) is 130 Å². The van der Waals surface area contributed by atoms with E-state index < -0.39 is 0 Å². The third kappa shape index (κ3) is 26.9. The molecule has 0 amide bonds. The van der Waals surface area contributed by atoms with Crippen molar-refractivity contribution < 1.29 is 0 Å². The number of hydrogen-bond acceptors (Lipinski definition) is 1. The second-order valence-electron chi connectivity index (χ2n) is 18.1. The largest absolute Gasteiger partial charge is 0.264 e. The Kier molecular flexibility index (Phi) is 18.0. The van der Waals surface area contributed by atoms with Gasteiger partial charge in [0.1, 0.15) is 0 Å². The highest BCUT2D eigenvalue weighted by Gasteiger charge is 2.20. The monoisotopic (exact) mass is 729 g/mol. The van der Waals surface area contributed by atoms with E-state index in [0.29, 0.717) is 27.1 Å². The van der Waals surface area contributed by atoms with Crippen molar-refractivity contribution in [2.75, 3.05) is 0 Å². The normalized spacial score (nSPS) is 12.1. The lowest BCUT2D eigenvalue weighted by molar-refractivity contribution is 0.233. The summed E-state index contributed by atoms with van der Waals surface area (Å²) < 4.78 is 2.38. The molecule has 0 unspecified atom stereocenters. The molecule has 2 aromatic carbocycles. The zero-order chi connectivity index (χ0) is 34.4. The second kappa shape index (κ2) is 18.6. The number of rotatable bonds is 3. The number of nitrogens with zero attached hydrogens (tertiary/aromatic N) is 1. The summed E-state index contributed by atoms with van der Waals surface area (Å²) in [4.78, 5) is 4.07. The van der Waals surface area contributed by atoms with Crippen LogP contribution in [0.3, 0.4) is 0 Å². The molecule has 0 fully saturated rings. The molecule has 0 aliphatic carbocycles. The van der Waals surface area contributed by atoms with Gasteiger partial charge in [-0.25, -0.2) is 0 Å². The minimum absolute atomic E-state index is 0.364. The molecule has 1 aromatic heterocycles. The van der Waals surface area contributed by atoms with Gasteiger partial charge in [0.2, 0.25) is 0 Å². The Hall–Kier alpha value is -1.45. The first-order chi connectivity index (χ1) is 19.7. The molecule has 0 aliphatic heterocycles. The van der Waals surface area contributed by atoms with E-state index >= 15 is 0 Å². The lowest BCUT2D eigenvalue weighted by Gasteiger charge is -2.28. The molecule has 0 atom stereocenters. The van der Waals surface area contributed by atoms with Crippen LogP contribution in [0.2, 0.25) is 0 Å². The molecule has 0 saturated carbocycles. The maximum Gasteiger partial charge on any atom is 0.0300 e. The van der Waals surface area contributed by atoms with Crippen molar-refractivity contribution in [1.82, 2.24) is 4.98 Å². The minimum atomic E-state index is 0.364. The summed E-state index contributed by atoms with van der Waals surface area (Å²) in [6.45, 7) is 34.0. The predicted octanol–water partition coefficient (Wildman–Crippen LogP) is 14.2. The Morgan fingerprint density at radius 1 is 0.477 bits per heavy atom. The molecular formula is C41H65Br2N. The number of aromatic nitrogens is 1. The van der Waals surface area contributed by atoms with Crippen molar-refractivity contribution in [3.8, 4) is 0 Å². The SMILES string of the molecule is CC(C)(C)CC(C)(C)C.CC(C)(C)Cc1ccc(Br)cc1.CC(C)(C)Cc1ccccc1Br.CC(C)(C)Cc1cccnc1. The number of hydrogen-bond donors (Lipinski definition) is 0. The minimum Gasteiger partial charge on any atom is -0.264 e. The molecule has 1 nitrogen and oxygen atoms in total. The van der Waals surface area contributed by atoms with Crippen LogP contribution >= 0.6 is 31.9 Å². The fraction of sp³-hybridized carbons (Fsp3) is 0.585. The Morgan fingerprint density at radius 3 is 1.30 bits per heavy atom. The van der Waals surface area contributed by atoms with Crippen LogP contribution in [0.4, 0.5) is 0 Å². The summed E-state index contributed by atoms with van der Waals surface area (Å²) in [5.41, 5.74) is 6.20. The van der Waals surface area contributed by atoms with Crippen LogP contribution in [-0.2, 0) is 19.3 Å². The molecule has 0 aliphatic rings. The lowest BCUT2D eigenvalue weighted by Crippen LogP contribution is -2.16. The fourth-order valence-electron chi connectivity index (χ4n) is 5.13. The fourth-order valence-corrected chi connectivity index (χ4v) is 5.82. The van der Waals surface area contributed by atoms with E-state index in [1.54, 1.807) is 0 Å². The van der Waals surface area contributed by atoms with Crippen LogP contribution in [0.15, 0.2) is 82.0 Å². The van der Waals surface area contributed by atoms with Gasteiger partial charge in [0.15, 0.2) is 0 Å². The van der Waals surface area contributed by atoms with Crippen LogP contribution in [0.5, 0.6) is 0 Å². The maximum atomic E-state index is 4.07. The first-order valence-electron chi connectivity index (χ1n) is 16.1. The average molecular weight is 732 g/mol. The van der Waals surface area contributed by atoms with E-state index in [0.717, 1.165) is 23.7 Å². The molecular weight excluding hydrogens is 666 g/mol. The summed E-state index contributed by atoms with van der Waals surface area (Å²) >= 11 is 6.97. The molecule has 0 N–H and O–H groups in total. The van der Waals surface area contributed by atoms with Crippen LogP contribution < -0.4 is 0 Å². The van der Waals surface area contributed by atoms with Crippen molar-refractivity contribution in [3.05, 3.63) is 98.7 Å². The van der Waals surface area contributed by atoms with Gasteiger partial charge in [-0.3, -0.25) is 4.98 Å². The molecule has 3 rings (SSSR count). The molecule has 44 heavy (non-hydrogen) atoms. The van der Waals surface area contributed by atoms with Gasteiger partial charge in [-0.15, -0.1) is 0 Å². The smallest absolute Gasteiger partial charge is 0.0300 e. The molecule has 3 aromatic rings. The average Bonchev–Trinajstić information content (AvgIpc) is 2.79. The zero-order valence-electron chi connectivity index (χ0n) is 31.0. The maximum absolute atomic E-state index is 4.07. The predicted molar refractivity (Wildman–Crippen MR) is 206 cm³/mol. The van der Waals surface area contributed by atoms with Gasteiger partial charge in [-0.05, 0) is 93.7 Å². The third-order valence-electron chi connectivity index (χ3n) is 5.84. The molecule has 0 saturated heterocycles. The Bertz CT molecular complexity index is 1150. The molecule has 0 bridgehead atoms. The van der Waals surface area contributed by atoms with E-state index in [-0.39, 0.29) is 0 Å². The molecule has 0 spiro atoms. The van der Waals surface area contributed by atoms with Crippen molar-refractivity contribution >= 4 is 31.9 Å². The summed E-state index contributed by atoms with van der Waals surface area (Å²) in [7, 11) is 0. The molecule has 3 heteroatoms. The molecule has 248 valence electrons. The molecule has 0 radical (unpaired) electrons. The highest BCUT2D eigenvalue weighted by Crippen LogP contribution is 2.32. The van der Waals surface area contributed by atoms with Crippen molar-refractivity contribution in [3.63, 3.8) is 0 Å². The summed E-state index contributed by atoms with van der Waals surface area (Å²) in [5.74, 6) is 0. The summed E-state index contributed by atoms with van der Waals surface area (Å²) in [6, 6.07) is 21.1. The van der Waals surface area contributed by atoms with Crippen LogP contribution in [0.1, 0.15) is 127 Å². The topological polar surface area (TPSA) is 12.9 Å². The van der Waals surface area contributed by atoms with Gasteiger partial charge in [0, 0.05) is 21.3 Å². The standard InChI is InChI=1S/2C11H15Br.C10H15N.C9H20/c1-11(2,3)8-9-4-6-10(12)7-5-9;1-11(2,3)8-9-6-4-5-7-10(9)12;1-10(2,3)7-9-5-4-6-11-8-9;1-8(2,3)7-9(4,5)6/h2*4-7H,8H2,1-3H3;4-6,8H,7H2,1-3H3;7H2,1-6H3. The van der Waals surface area contributed by atoms with Crippen LogP contribution in [0, 0.1) is 27.1 Å². The first-order valence-corrected chi connectivity index (χ1v) is 17.7. The van der Waals surface area contributed by atoms with E-state index in [1.807, 2.05) is 18.5 Å². The lowest BCUT2D eigenvalue weighted by atomic mass is 9.78. The Labute approximate surface area is 290 Å². The van der Waals surface area contributed by atoms with Gasteiger partial charge in [0.05, 0.1) is 0 Å². The Balaban J connectivity index is 0.000000564. The van der Waals surface area contributed by atoms with Crippen LogP contribution in [-0.4, -0.2) is 4.98 Å². The quantitative estimate of drug-likeness (QED) is 0.261. The Morgan fingerprint density at radius 2 is 0.932 bits per heavy atom. The number of pyridine rings is 1. The first kappa shape index (κ1) is 42.6. The molecule has 1 heterocycles. The number of benzene rings is 2. The van der Waals surface area contributed by atoms with E-state index in [1.165, 1.54) is 27.6 Å². The van der Waals surface area contributed by atoms with Gasteiger partial charge in [0.25, 0.3) is 0 Å². The summed E-state index contributed by atoms with van der Waals surface area (Å²) in [5, 5.41) is 0. The summed E-state index contributed by atoms with van der Waals surface area (Å²) in [6.07, 6.45) is 8.40. The van der Waals surface area contributed by atoms with Gasteiger partial charge < -0.3 is 0 Å². The van der Waals surface area contributed by atoms with Crippen molar-refractivity contribution in [2.24, 2.45) is 27.1 Å².